The molecule has 124 valence electrons. The van der Waals surface area contributed by atoms with Crippen molar-refractivity contribution in [2.24, 2.45) is 0 Å². The van der Waals surface area contributed by atoms with Crippen LogP contribution >= 0.6 is 22.7 Å². The molecule has 2 aromatic rings. The molecule has 1 aliphatic rings. The summed E-state index contributed by atoms with van der Waals surface area (Å²) in [6.45, 7) is 4.68. The van der Waals surface area contributed by atoms with E-state index in [2.05, 4.69) is 6.58 Å². The Hall–Kier alpha value is -1.63. The fourth-order valence-corrected chi connectivity index (χ4v) is 3.67. The predicted octanol–water partition coefficient (Wildman–Crippen LogP) is 3.58. The van der Waals surface area contributed by atoms with Crippen LogP contribution in [-0.2, 0) is 14.3 Å². The number of esters is 1. The summed E-state index contributed by atoms with van der Waals surface area (Å²) in [4.78, 5) is 15.7. The first kappa shape index (κ1) is 17.7. The molecule has 0 amide bonds. The Bertz CT molecular complexity index is 578. The Kier molecular flexibility index (Phi) is 6.38. The molecule has 1 saturated heterocycles. The lowest BCUT2D eigenvalue weighted by atomic mass is 10.1. The highest BCUT2D eigenvalue weighted by atomic mass is 32.1. The first-order valence-corrected chi connectivity index (χ1v) is 8.93. The summed E-state index contributed by atoms with van der Waals surface area (Å²) >= 11 is 3.16. The average Bonchev–Trinajstić information content (AvgIpc) is 3.02. The second-order valence-corrected chi connectivity index (χ2v) is 7.15. The van der Waals surface area contributed by atoms with Crippen molar-refractivity contribution >= 4 is 28.6 Å². The number of thiophene rings is 2. The van der Waals surface area contributed by atoms with Crippen LogP contribution < -0.4 is 0 Å². The summed E-state index contributed by atoms with van der Waals surface area (Å²) < 4.78 is 9.82. The van der Waals surface area contributed by atoms with Crippen LogP contribution in [0.2, 0.25) is 0 Å². The smallest absolute Gasteiger partial charge is 0.319 e. The Labute approximate surface area is 145 Å². The fourth-order valence-electron chi connectivity index (χ4n) is 1.93. The number of ether oxygens (including phenoxy) is 2. The van der Waals surface area contributed by atoms with Crippen molar-refractivity contribution in [1.29, 1.82) is 0 Å². The van der Waals surface area contributed by atoms with Crippen molar-refractivity contribution in [1.82, 2.24) is 4.90 Å². The summed E-state index contributed by atoms with van der Waals surface area (Å²) in [7, 11) is 5.38. The molecule has 0 radical (unpaired) electrons. The zero-order valence-electron chi connectivity index (χ0n) is 13.5. The molecule has 0 aromatic carbocycles. The molecule has 6 heteroatoms. The van der Waals surface area contributed by atoms with Crippen molar-refractivity contribution in [2.45, 2.75) is 12.0 Å². The molecule has 0 saturated carbocycles. The highest BCUT2D eigenvalue weighted by Crippen LogP contribution is 2.32. The van der Waals surface area contributed by atoms with E-state index in [0.717, 1.165) is 22.1 Å². The molecule has 1 unspecified atom stereocenters. The van der Waals surface area contributed by atoms with E-state index in [1.807, 2.05) is 54.0 Å². The molecule has 4 nitrogen and oxygen atoms in total. The minimum absolute atomic E-state index is 0.195. The van der Waals surface area contributed by atoms with Gasteiger partial charge in [-0.15, -0.1) is 22.7 Å². The minimum atomic E-state index is -0.255. The van der Waals surface area contributed by atoms with Crippen LogP contribution in [0.1, 0.15) is 15.7 Å². The molecule has 2 aromatic heterocycles. The zero-order valence-corrected chi connectivity index (χ0v) is 15.2. The fraction of sp³-hybridized carbons (Fsp3) is 0.353. The van der Waals surface area contributed by atoms with Gasteiger partial charge in [-0.25, -0.2) is 0 Å². The van der Waals surface area contributed by atoms with Crippen LogP contribution in [0.3, 0.4) is 0 Å². The molecule has 1 atom stereocenters. The lowest BCUT2D eigenvalue weighted by Gasteiger charge is -2.11. The Morgan fingerprint density at radius 1 is 1.30 bits per heavy atom. The van der Waals surface area contributed by atoms with Crippen molar-refractivity contribution < 1.29 is 14.3 Å². The zero-order chi connectivity index (χ0) is 16.8. The maximum absolute atomic E-state index is 11.7. The van der Waals surface area contributed by atoms with Gasteiger partial charge < -0.3 is 14.4 Å². The van der Waals surface area contributed by atoms with E-state index < -0.39 is 0 Å². The van der Waals surface area contributed by atoms with Gasteiger partial charge in [0.25, 0.3) is 0 Å². The third-order valence-corrected chi connectivity index (χ3v) is 5.25. The third-order valence-electron chi connectivity index (χ3n) is 3.37. The highest BCUT2D eigenvalue weighted by molar-refractivity contribution is 7.11. The molecule has 0 spiro atoms. The quantitative estimate of drug-likeness (QED) is 0.610. The average molecular weight is 351 g/mol. The Balaban J connectivity index is 0.000000203. The van der Waals surface area contributed by atoms with Gasteiger partial charge in [0.05, 0.1) is 13.7 Å². The highest BCUT2D eigenvalue weighted by Gasteiger charge is 2.26. The van der Waals surface area contributed by atoms with E-state index in [0.29, 0.717) is 6.10 Å². The van der Waals surface area contributed by atoms with E-state index >= 15 is 0 Å². The van der Waals surface area contributed by atoms with Gasteiger partial charge in [-0.05, 0) is 22.9 Å². The number of hydrogen-bond acceptors (Lipinski definition) is 6. The van der Waals surface area contributed by atoms with Crippen LogP contribution in [0.25, 0.3) is 0 Å². The van der Waals surface area contributed by atoms with Gasteiger partial charge in [0.1, 0.15) is 12.0 Å². The summed E-state index contributed by atoms with van der Waals surface area (Å²) in [5, 5.41) is 3.94. The number of carbonyl (C=O) groups excluding carboxylic acids is 1. The molecule has 3 heterocycles. The maximum atomic E-state index is 11.7. The van der Waals surface area contributed by atoms with Gasteiger partial charge in [0.2, 0.25) is 0 Å². The van der Waals surface area contributed by atoms with E-state index in [9.17, 15) is 4.79 Å². The van der Waals surface area contributed by atoms with Gasteiger partial charge in [0, 0.05) is 29.5 Å². The number of carbonyl (C=O) groups is 1. The number of hydrogen-bond donors (Lipinski definition) is 0. The van der Waals surface area contributed by atoms with Crippen molar-refractivity contribution in [3.05, 3.63) is 57.1 Å². The predicted molar refractivity (Wildman–Crippen MR) is 95.1 cm³/mol. The Morgan fingerprint density at radius 3 is 2.09 bits per heavy atom. The van der Waals surface area contributed by atoms with Crippen LogP contribution in [-0.4, -0.2) is 44.8 Å². The molecule has 0 aliphatic carbocycles. The van der Waals surface area contributed by atoms with Crippen LogP contribution in [0.4, 0.5) is 0 Å². The van der Waals surface area contributed by atoms with Gasteiger partial charge in [-0.2, -0.15) is 0 Å². The first-order chi connectivity index (χ1) is 11.0. The van der Waals surface area contributed by atoms with Gasteiger partial charge in [-0.1, -0.05) is 18.7 Å². The van der Waals surface area contributed by atoms with Crippen LogP contribution in [0.5, 0.6) is 0 Å². The minimum Gasteiger partial charge on any atom is -0.468 e. The second kappa shape index (κ2) is 8.29. The summed E-state index contributed by atoms with van der Waals surface area (Å²) in [5.41, 5.74) is 1.07. The van der Waals surface area contributed by atoms with Crippen molar-refractivity contribution in [2.75, 3.05) is 27.8 Å². The van der Waals surface area contributed by atoms with E-state index in [1.54, 1.807) is 22.7 Å². The summed E-state index contributed by atoms with van der Waals surface area (Å²) in [5.74, 6) is -0.449. The summed E-state index contributed by atoms with van der Waals surface area (Å²) in [6.07, 6.45) is 0.324. The van der Waals surface area contributed by atoms with Crippen LogP contribution in [0, 0.1) is 0 Å². The number of nitrogens with zero attached hydrogens (tertiary/aromatic N) is 1. The molecule has 1 fully saturated rings. The molecular formula is C17H21NO3S2. The molecule has 3 rings (SSSR count). The van der Waals surface area contributed by atoms with Gasteiger partial charge in [-0.3, -0.25) is 4.79 Å². The third kappa shape index (κ3) is 4.92. The van der Waals surface area contributed by atoms with Crippen molar-refractivity contribution in [3.8, 4) is 0 Å². The molecular weight excluding hydrogens is 330 g/mol. The van der Waals surface area contributed by atoms with E-state index in [4.69, 9.17) is 9.47 Å². The molecule has 0 N–H and O–H groups in total. The Morgan fingerprint density at radius 2 is 1.83 bits per heavy atom. The lowest BCUT2D eigenvalue weighted by Crippen LogP contribution is -2.13. The van der Waals surface area contributed by atoms with E-state index in [-0.39, 0.29) is 11.9 Å². The normalized spacial score (nSPS) is 15.6. The SMILES string of the molecule is C=C(C1CO1)N(C)C.COC(=O)C(c1cccs1)c1cccs1. The topological polar surface area (TPSA) is 42.1 Å². The first-order valence-electron chi connectivity index (χ1n) is 7.17. The monoisotopic (exact) mass is 351 g/mol. The lowest BCUT2D eigenvalue weighted by molar-refractivity contribution is -0.141. The molecule has 1 aliphatic heterocycles. The maximum Gasteiger partial charge on any atom is 0.319 e. The van der Waals surface area contributed by atoms with Crippen LogP contribution in [0.15, 0.2) is 47.3 Å². The standard InChI is InChI=1S/C11H10O2S2.C6H11NO/c1-13-11(12)10(8-4-2-6-14-8)9-5-3-7-15-9;1-5(7(2)3)6-4-8-6/h2-7,10H,1H3;6H,1,4H2,2-3H3. The number of likely N-dealkylation sites (N-methyl/N-ethyl adjacent to an activating group) is 1. The van der Waals surface area contributed by atoms with Gasteiger partial charge >= 0.3 is 5.97 Å². The summed E-state index contributed by atoms with van der Waals surface area (Å²) in [6, 6.07) is 7.82. The van der Waals surface area contributed by atoms with Gasteiger partial charge in [0.15, 0.2) is 0 Å². The number of epoxide rings is 1. The molecule has 23 heavy (non-hydrogen) atoms. The number of methoxy groups -OCH3 is 1. The second-order valence-electron chi connectivity index (χ2n) is 5.19. The van der Waals surface area contributed by atoms with E-state index in [1.165, 1.54) is 7.11 Å². The molecule has 0 bridgehead atoms. The largest absolute Gasteiger partial charge is 0.468 e. The van der Waals surface area contributed by atoms with Crippen molar-refractivity contribution in [3.63, 3.8) is 0 Å². The number of rotatable bonds is 5.